The molecule has 0 saturated carbocycles. The molecule has 86 valence electrons. The maximum Gasteiger partial charge on any atom is 0.143 e. The summed E-state index contributed by atoms with van der Waals surface area (Å²) in [5, 5.41) is 0. The van der Waals surface area contributed by atoms with E-state index in [0.717, 1.165) is 15.7 Å². The summed E-state index contributed by atoms with van der Waals surface area (Å²) >= 11 is 3.44. The van der Waals surface area contributed by atoms with Crippen LogP contribution in [0, 0.1) is 0 Å². The van der Waals surface area contributed by atoms with Gasteiger partial charge in [-0.25, -0.2) is 0 Å². The third-order valence-corrected chi connectivity index (χ3v) is 3.22. The molecule has 0 fully saturated rings. The zero-order chi connectivity index (χ0) is 12.1. The summed E-state index contributed by atoms with van der Waals surface area (Å²) < 4.78 is 0.981. The van der Waals surface area contributed by atoms with Crippen molar-refractivity contribution in [2.45, 2.75) is 12.8 Å². The van der Waals surface area contributed by atoms with Gasteiger partial charge in [-0.15, -0.1) is 0 Å². The van der Waals surface area contributed by atoms with E-state index < -0.39 is 0 Å². The molecule has 0 unspecified atom stereocenters. The first-order chi connectivity index (χ1) is 8.25. The van der Waals surface area contributed by atoms with Crippen LogP contribution in [-0.2, 0) is 17.6 Å². The van der Waals surface area contributed by atoms with Crippen LogP contribution in [-0.4, -0.2) is 10.8 Å². The molecule has 0 radical (unpaired) electrons. The molecule has 0 aliphatic heterocycles. The molecule has 3 heteroatoms. The van der Waals surface area contributed by atoms with Gasteiger partial charge in [-0.1, -0.05) is 40.2 Å². The Morgan fingerprint density at radius 2 is 1.82 bits per heavy atom. The molecule has 0 amide bonds. The van der Waals surface area contributed by atoms with Gasteiger partial charge in [0.2, 0.25) is 0 Å². The number of hydrogen-bond donors (Lipinski definition) is 0. The summed E-state index contributed by atoms with van der Waals surface area (Å²) in [4.78, 5) is 16.0. The minimum Gasteiger partial charge on any atom is -0.299 e. The SMILES string of the molecule is O=C(Cc1ccccn1)Cc1ccccc1Br. The van der Waals surface area contributed by atoms with Crippen LogP contribution in [0.15, 0.2) is 53.1 Å². The quantitative estimate of drug-likeness (QED) is 0.865. The monoisotopic (exact) mass is 289 g/mol. The summed E-state index contributed by atoms with van der Waals surface area (Å²) in [7, 11) is 0. The van der Waals surface area contributed by atoms with Crippen molar-refractivity contribution in [1.82, 2.24) is 4.98 Å². The van der Waals surface area contributed by atoms with Crippen LogP contribution < -0.4 is 0 Å². The van der Waals surface area contributed by atoms with E-state index in [4.69, 9.17) is 0 Å². The fraction of sp³-hybridized carbons (Fsp3) is 0.143. The molecule has 1 aromatic heterocycles. The first-order valence-electron chi connectivity index (χ1n) is 5.41. The molecule has 0 bridgehead atoms. The number of hydrogen-bond acceptors (Lipinski definition) is 2. The Morgan fingerprint density at radius 1 is 1.06 bits per heavy atom. The third kappa shape index (κ3) is 3.49. The number of ketones is 1. The average Bonchev–Trinajstić information content (AvgIpc) is 2.33. The second-order valence-electron chi connectivity index (χ2n) is 3.80. The van der Waals surface area contributed by atoms with Crippen molar-refractivity contribution in [3.05, 3.63) is 64.4 Å². The zero-order valence-electron chi connectivity index (χ0n) is 9.27. The van der Waals surface area contributed by atoms with Crippen LogP contribution in [0.1, 0.15) is 11.3 Å². The maximum atomic E-state index is 11.9. The lowest BCUT2D eigenvalue weighted by atomic mass is 10.1. The maximum absolute atomic E-state index is 11.9. The summed E-state index contributed by atoms with van der Waals surface area (Å²) in [6, 6.07) is 13.4. The van der Waals surface area contributed by atoms with Crippen LogP contribution >= 0.6 is 15.9 Å². The molecule has 0 N–H and O–H groups in total. The van der Waals surface area contributed by atoms with Gasteiger partial charge in [0, 0.05) is 29.2 Å². The predicted molar refractivity (Wildman–Crippen MR) is 70.8 cm³/mol. The lowest BCUT2D eigenvalue weighted by Crippen LogP contribution is -2.07. The number of Topliss-reactive ketones (excluding diaryl/α,β-unsaturated/α-hetero) is 1. The number of carbonyl (C=O) groups excluding carboxylic acids is 1. The van der Waals surface area contributed by atoms with E-state index in [1.54, 1.807) is 6.20 Å². The van der Waals surface area contributed by atoms with E-state index in [0.29, 0.717) is 12.8 Å². The topological polar surface area (TPSA) is 30.0 Å². The van der Waals surface area contributed by atoms with Crippen molar-refractivity contribution in [3.63, 3.8) is 0 Å². The van der Waals surface area contributed by atoms with Crippen LogP contribution in [0.3, 0.4) is 0 Å². The Bertz CT molecular complexity index is 511. The van der Waals surface area contributed by atoms with Gasteiger partial charge in [-0.3, -0.25) is 9.78 Å². The molecular weight excluding hydrogens is 278 g/mol. The van der Waals surface area contributed by atoms with E-state index in [1.807, 2.05) is 42.5 Å². The molecular formula is C14H12BrNO. The number of nitrogens with zero attached hydrogens (tertiary/aromatic N) is 1. The molecule has 0 aliphatic rings. The smallest absolute Gasteiger partial charge is 0.143 e. The molecule has 17 heavy (non-hydrogen) atoms. The lowest BCUT2D eigenvalue weighted by Gasteiger charge is -2.03. The highest BCUT2D eigenvalue weighted by atomic mass is 79.9. The molecule has 1 aromatic carbocycles. The van der Waals surface area contributed by atoms with Crippen LogP contribution in [0.2, 0.25) is 0 Å². The fourth-order valence-corrected chi connectivity index (χ4v) is 2.05. The van der Waals surface area contributed by atoms with Gasteiger partial charge in [0.1, 0.15) is 5.78 Å². The van der Waals surface area contributed by atoms with E-state index in [9.17, 15) is 4.79 Å². The van der Waals surface area contributed by atoms with Gasteiger partial charge in [0.15, 0.2) is 0 Å². The Morgan fingerprint density at radius 3 is 2.53 bits per heavy atom. The predicted octanol–water partition coefficient (Wildman–Crippen LogP) is 3.20. The largest absolute Gasteiger partial charge is 0.299 e. The summed E-state index contributed by atoms with van der Waals surface area (Å²) in [6.45, 7) is 0. The Balaban J connectivity index is 2.01. The van der Waals surface area contributed by atoms with Crippen molar-refractivity contribution in [3.8, 4) is 0 Å². The summed E-state index contributed by atoms with van der Waals surface area (Å²) in [6.07, 6.45) is 2.54. The number of pyridine rings is 1. The second-order valence-corrected chi connectivity index (χ2v) is 4.66. The Labute approximate surface area is 109 Å². The number of rotatable bonds is 4. The van der Waals surface area contributed by atoms with E-state index in [-0.39, 0.29) is 5.78 Å². The van der Waals surface area contributed by atoms with Gasteiger partial charge in [0.25, 0.3) is 0 Å². The number of benzene rings is 1. The van der Waals surface area contributed by atoms with Gasteiger partial charge in [-0.2, -0.15) is 0 Å². The van der Waals surface area contributed by atoms with Gasteiger partial charge in [-0.05, 0) is 23.8 Å². The van der Waals surface area contributed by atoms with Crippen LogP contribution in [0.25, 0.3) is 0 Å². The van der Waals surface area contributed by atoms with Gasteiger partial charge in [0.05, 0.1) is 0 Å². The average molecular weight is 290 g/mol. The van der Waals surface area contributed by atoms with Gasteiger partial charge >= 0.3 is 0 Å². The minimum atomic E-state index is 0.176. The van der Waals surface area contributed by atoms with E-state index in [2.05, 4.69) is 20.9 Å². The second kappa shape index (κ2) is 5.73. The molecule has 1 heterocycles. The van der Waals surface area contributed by atoms with Crippen molar-refractivity contribution >= 4 is 21.7 Å². The van der Waals surface area contributed by atoms with Crippen molar-refractivity contribution in [2.24, 2.45) is 0 Å². The van der Waals surface area contributed by atoms with Crippen molar-refractivity contribution in [1.29, 1.82) is 0 Å². The molecule has 0 atom stereocenters. The van der Waals surface area contributed by atoms with Crippen LogP contribution in [0.5, 0.6) is 0 Å². The molecule has 0 saturated heterocycles. The fourth-order valence-electron chi connectivity index (χ4n) is 1.62. The zero-order valence-corrected chi connectivity index (χ0v) is 10.9. The number of carbonyl (C=O) groups is 1. The molecule has 2 nitrogen and oxygen atoms in total. The third-order valence-electron chi connectivity index (χ3n) is 2.45. The number of halogens is 1. The first-order valence-corrected chi connectivity index (χ1v) is 6.20. The molecule has 2 rings (SSSR count). The van der Waals surface area contributed by atoms with Crippen LogP contribution in [0.4, 0.5) is 0 Å². The first kappa shape index (κ1) is 12.0. The molecule has 0 spiro atoms. The summed E-state index contributed by atoms with van der Waals surface area (Å²) in [5.41, 5.74) is 1.85. The minimum absolute atomic E-state index is 0.176. The van der Waals surface area contributed by atoms with Gasteiger partial charge < -0.3 is 0 Å². The molecule has 0 aliphatic carbocycles. The summed E-state index contributed by atoms with van der Waals surface area (Å²) in [5.74, 6) is 0.176. The molecule has 2 aromatic rings. The van der Waals surface area contributed by atoms with E-state index in [1.165, 1.54) is 0 Å². The van der Waals surface area contributed by atoms with Crippen molar-refractivity contribution < 1.29 is 4.79 Å². The number of aromatic nitrogens is 1. The highest BCUT2D eigenvalue weighted by molar-refractivity contribution is 9.10. The van der Waals surface area contributed by atoms with E-state index >= 15 is 0 Å². The Kier molecular flexibility index (Phi) is 4.04. The van der Waals surface area contributed by atoms with Crippen molar-refractivity contribution in [2.75, 3.05) is 0 Å². The highest BCUT2D eigenvalue weighted by Gasteiger charge is 2.07. The highest BCUT2D eigenvalue weighted by Crippen LogP contribution is 2.16. The lowest BCUT2D eigenvalue weighted by molar-refractivity contribution is -0.117. The Hall–Kier alpha value is -1.48. The normalized spacial score (nSPS) is 10.2. The standard InChI is InChI=1S/C14H12BrNO/c15-14-7-2-1-5-11(14)9-13(17)10-12-6-3-4-8-16-12/h1-8H,9-10H2.